The lowest BCUT2D eigenvalue weighted by molar-refractivity contribution is 0.0695. The zero-order chi connectivity index (χ0) is 22.9. The second kappa shape index (κ2) is 11.2. The van der Waals surface area contributed by atoms with Crippen molar-refractivity contribution >= 4 is 17.3 Å². The highest BCUT2D eigenvalue weighted by Crippen LogP contribution is 2.38. The van der Waals surface area contributed by atoms with E-state index in [0.29, 0.717) is 43.2 Å². The molecule has 0 saturated carbocycles. The van der Waals surface area contributed by atoms with Crippen LogP contribution >= 0.6 is 0 Å². The first kappa shape index (κ1) is 23.1. The minimum atomic E-state index is -0.941. The monoisotopic (exact) mass is 436 g/mol. The Bertz CT molecular complexity index is 1040. The van der Waals surface area contributed by atoms with E-state index in [1.165, 1.54) is 0 Å². The molecule has 168 valence electrons. The lowest BCUT2D eigenvalue weighted by atomic mass is 10.0. The maximum Gasteiger partial charge on any atom is 0.336 e. The first-order chi connectivity index (χ1) is 15.6. The quantitative estimate of drug-likeness (QED) is 0.436. The van der Waals surface area contributed by atoms with Crippen molar-refractivity contribution in [1.29, 1.82) is 0 Å². The number of hydrogen-bond donors (Lipinski definition) is 1. The molecule has 0 atom stereocenters. The van der Waals surface area contributed by atoms with Gasteiger partial charge in [-0.15, -0.1) is 0 Å². The molecule has 0 aliphatic rings. The fourth-order valence-electron chi connectivity index (χ4n) is 3.57. The number of ether oxygens (including phenoxy) is 3. The summed E-state index contributed by atoms with van der Waals surface area (Å²) in [4.78, 5) is 18.2. The molecule has 32 heavy (non-hydrogen) atoms. The van der Waals surface area contributed by atoms with Crippen molar-refractivity contribution in [3.63, 3.8) is 0 Å². The summed E-state index contributed by atoms with van der Waals surface area (Å²) in [5.41, 5.74) is 3.73. The first-order valence-corrected chi connectivity index (χ1v) is 10.4. The summed E-state index contributed by atoms with van der Waals surface area (Å²) in [5.74, 6) is 0.259. The summed E-state index contributed by atoms with van der Waals surface area (Å²) < 4.78 is 16.4. The summed E-state index contributed by atoms with van der Waals surface area (Å²) in [6.45, 7) is 3.30. The average molecular weight is 437 g/mol. The smallest absolute Gasteiger partial charge is 0.336 e. The summed E-state index contributed by atoms with van der Waals surface area (Å²) in [6.07, 6.45) is 4.11. The fraction of sp³-hybridized carbons (Fsp3) is 0.280. The summed E-state index contributed by atoms with van der Waals surface area (Å²) >= 11 is 0. The zero-order valence-electron chi connectivity index (χ0n) is 18.6. The number of carboxylic acids is 1. The van der Waals surface area contributed by atoms with Gasteiger partial charge in [0.2, 0.25) is 0 Å². The number of carboxylic acid groups (broad SMARTS) is 1. The van der Waals surface area contributed by atoms with Crippen molar-refractivity contribution in [1.82, 2.24) is 4.98 Å². The van der Waals surface area contributed by atoms with E-state index in [0.717, 1.165) is 22.5 Å². The molecule has 0 radical (unpaired) electrons. The normalized spacial score (nSPS) is 10.6. The van der Waals surface area contributed by atoms with E-state index >= 15 is 0 Å². The largest absolute Gasteiger partial charge is 0.493 e. The van der Waals surface area contributed by atoms with E-state index in [1.54, 1.807) is 38.7 Å². The van der Waals surface area contributed by atoms with Gasteiger partial charge in [-0.1, -0.05) is 19.1 Å². The van der Waals surface area contributed by atoms with Crippen molar-refractivity contribution in [3.8, 4) is 11.5 Å². The van der Waals surface area contributed by atoms with Gasteiger partial charge < -0.3 is 24.2 Å². The fourth-order valence-corrected chi connectivity index (χ4v) is 3.57. The molecule has 1 aromatic heterocycles. The summed E-state index contributed by atoms with van der Waals surface area (Å²) in [5, 5.41) is 9.72. The van der Waals surface area contributed by atoms with Gasteiger partial charge in [0.1, 0.15) is 6.61 Å². The van der Waals surface area contributed by atoms with Crippen LogP contribution in [0.25, 0.3) is 0 Å². The Kier molecular flexibility index (Phi) is 8.05. The predicted molar refractivity (Wildman–Crippen MR) is 123 cm³/mol. The molecule has 3 rings (SSSR count). The number of anilines is 2. The van der Waals surface area contributed by atoms with Crippen LogP contribution in [-0.4, -0.2) is 43.5 Å². The first-order valence-electron chi connectivity index (χ1n) is 10.4. The van der Waals surface area contributed by atoms with Crippen LogP contribution in [0.3, 0.4) is 0 Å². The van der Waals surface area contributed by atoms with Crippen LogP contribution in [0.1, 0.15) is 28.4 Å². The second-order valence-electron chi connectivity index (χ2n) is 7.09. The molecular weight excluding hydrogens is 408 g/mol. The predicted octanol–water partition coefficient (Wildman–Crippen LogP) is 4.71. The molecule has 0 spiro atoms. The van der Waals surface area contributed by atoms with Gasteiger partial charge in [-0.2, -0.15) is 0 Å². The Hall–Kier alpha value is -3.58. The van der Waals surface area contributed by atoms with Crippen LogP contribution in [-0.2, 0) is 17.7 Å². The third kappa shape index (κ3) is 5.36. The van der Waals surface area contributed by atoms with Gasteiger partial charge in [0, 0.05) is 43.5 Å². The topological polar surface area (TPSA) is 81.1 Å². The average Bonchev–Trinajstić information content (AvgIpc) is 2.82. The molecule has 3 aromatic rings. The lowest BCUT2D eigenvalue weighted by Gasteiger charge is -2.28. The third-order valence-corrected chi connectivity index (χ3v) is 5.09. The van der Waals surface area contributed by atoms with Crippen LogP contribution < -0.4 is 14.4 Å². The Morgan fingerprint density at radius 1 is 1.06 bits per heavy atom. The van der Waals surface area contributed by atoms with Gasteiger partial charge in [0.25, 0.3) is 0 Å². The van der Waals surface area contributed by atoms with Crippen molar-refractivity contribution < 1.29 is 24.1 Å². The Morgan fingerprint density at radius 2 is 1.91 bits per heavy atom. The molecule has 0 bridgehead atoms. The van der Waals surface area contributed by atoms with Gasteiger partial charge >= 0.3 is 5.97 Å². The maximum atomic E-state index is 11.9. The molecule has 2 aromatic carbocycles. The molecule has 0 aliphatic carbocycles. The highest BCUT2D eigenvalue weighted by atomic mass is 16.5. The number of nitrogens with zero attached hydrogens (tertiary/aromatic N) is 2. The highest BCUT2D eigenvalue weighted by molar-refractivity contribution is 5.92. The number of rotatable bonds is 11. The molecule has 0 aliphatic heterocycles. The van der Waals surface area contributed by atoms with Gasteiger partial charge in [-0.3, -0.25) is 4.98 Å². The standard InChI is InChI=1S/C25H28N2O5/c1-4-20-21(25(28)29)8-5-9-22(20)27(17-18-7-6-12-26-16-18)19-10-11-23(31-3)24(15-19)32-14-13-30-2/h5-12,15-16H,4,13-14,17H2,1-3H3,(H,28,29). The molecule has 0 unspecified atom stereocenters. The van der Waals surface area contributed by atoms with E-state index in [1.807, 2.05) is 43.3 Å². The van der Waals surface area contributed by atoms with Crippen LogP contribution in [0, 0.1) is 0 Å². The van der Waals surface area contributed by atoms with E-state index in [-0.39, 0.29) is 0 Å². The van der Waals surface area contributed by atoms with Crippen molar-refractivity contribution in [2.45, 2.75) is 19.9 Å². The minimum Gasteiger partial charge on any atom is -0.493 e. The van der Waals surface area contributed by atoms with Crippen LogP contribution in [0.4, 0.5) is 11.4 Å². The maximum absolute atomic E-state index is 11.9. The molecule has 0 amide bonds. The number of aromatic nitrogens is 1. The molecule has 1 N–H and O–H groups in total. The van der Waals surface area contributed by atoms with Gasteiger partial charge in [-0.25, -0.2) is 4.79 Å². The van der Waals surface area contributed by atoms with E-state index in [9.17, 15) is 9.90 Å². The second-order valence-corrected chi connectivity index (χ2v) is 7.09. The number of pyridine rings is 1. The van der Waals surface area contributed by atoms with Crippen LogP contribution in [0.2, 0.25) is 0 Å². The number of benzene rings is 2. The third-order valence-electron chi connectivity index (χ3n) is 5.09. The molecule has 0 saturated heterocycles. The SMILES string of the molecule is CCc1c(C(=O)O)cccc1N(Cc1cccnc1)c1ccc(OC)c(OCCOC)c1. The van der Waals surface area contributed by atoms with Crippen LogP contribution in [0.15, 0.2) is 60.9 Å². The number of carbonyl (C=O) groups is 1. The van der Waals surface area contributed by atoms with E-state index < -0.39 is 5.97 Å². The minimum absolute atomic E-state index is 0.297. The summed E-state index contributed by atoms with van der Waals surface area (Å²) in [7, 11) is 3.21. The molecule has 0 fully saturated rings. The Labute approximate surface area is 188 Å². The van der Waals surface area contributed by atoms with E-state index in [2.05, 4.69) is 9.88 Å². The van der Waals surface area contributed by atoms with Crippen molar-refractivity contribution in [3.05, 3.63) is 77.6 Å². The van der Waals surface area contributed by atoms with Crippen molar-refractivity contribution in [2.75, 3.05) is 32.3 Å². The number of methoxy groups -OCH3 is 2. The molecular formula is C25H28N2O5. The van der Waals surface area contributed by atoms with Gasteiger partial charge in [0.05, 0.1) is 19.3 Å². The Morgan fingerprint density at radius 3 is 2.56 bits per heavy atom. The zero-order valence-corrected chi connectivity index (χ0v) is 18.6. The highest BCUT2D eigenvalue weighted by Gasteiger charge is 2.20. The lowest BCUT2D eigenvalue weighted by Crippen LogP contribution is -2.20. The van der Waals surface area contributed by atoms with Crippen LogP contribution in [0.5, 0.6) is 11.5 Å². The molecule has 7 nitrogen and oxygen atoms in total. The van der Waals surface area contributed by atoms with Gasteiger partial charge in [0.15, 0.2) is 11.5 Å². The van der Waals surface area contributed by atoms with E-state index in [4.69, 9.17) is 14.2 Å². The molecule has 1 heterocycles. The number of aromatic carboxylic acids is 1. The molecule has 7 heteroatoms. The summed E-state index contributed by atoms with van der Waals surface area (Å²) in [6, 6.07) is 14.9. The Balaban J connectivity index is 2.11. The number of hydrogen-bond acceptors (Lipinski definition) is 6. The van der Waals surface area contributed by atoms with Gasteiger partial charge in [-0.05, 0) is 47.9 Å². The van der Waals surface area contributed by atoms with Crippen molar-refractivity contribution in [2.24, 2.45) is 0 Å².